The van der Waals surface area contributed by atoms with Crippen LogP contribution in [0.5, 0.6) is 0 Å². The Hall–Kier alpha value is -1.14. The number of ether oxygens (including phenoxy) is 1. The van der Waals surface area contributed by atoms with Gasteiger partial charge in [0.2, 0.25) is 5.91 Å². The van der Waals surface area contributed by atoms with E-state index in [9.17, 15) is 14.7 Å². The van der Waals surface area contributed by atoms with Crippen LogP contribution >= 0.6 is 0 Å². The number of carbonyl (C=O) groups excluding carboxylic acids is 2. The van der Waals surface area contributed by atoms with E-state index in [1.165, 1.54) is 7.11 Å². The van der Waals surface area contributed by atoms with Gasteiger partial charge in [0.1, 0.15) is 6.42 Å². The molecule has 0 aromatic rings. The number of amides is 1. The number of nitrogens with one attached hydrogen (secondary N) is 1. The summed E-state index contributed by atoms with van der Waals surface area (Å²) in [5.41, 5.74) is 0. The molecule has 0 radical (unpaired) electrons. The Balaban J connectivity index is 2.37. The normalized spacial score (nSPS) is 28.8. The van der Waals surface area contributed by atoms with E-state index >= 15 is 0 Å². The molecule has 6 nitrogen and oxygen atoms in total. The second-order valence-electron chi connectivity index (χ2n) is 4.01. The predicted octanol–water partition coefficient (Wildman–Crippen LogP) is -1.20. The molecule has 3 N–H and O–H groups in total. The average Bonchev–Trinajstić information content (AvgIpc) is 2.59. The predicted molar refractivity (Wildman–Crippen MR) is 54.4 cm³/mol. The van der Waals surface area contributed by atoms with Gasteiger partial charge in [0.05, 0.1) is 19.3 Å². The maximum atomic E-state index is 11.3. The van der Waals surface area contributed by atoms with E-state index in [2.05, 4.69) is 10.1 Å². The zero-order valence-electron chi connectivity index (χ0n) is 9.18. The molecule has 3 atom stereocenters. The van der Waals surface area contributed by atoms with Crippen molar-refractivity contribution < 1.29 is 24.5 Å². The summed E-state index contributed by atoms with van der Waals surface area (Å²) in [4.78, 5) is 22.1. The van der Waals surface area contributed by atoms with Crippen molar-refractivity contribution in [3.05, 3.63) is 0 Å². The van der Waals surface area contributed by atoms with Crippen molar-refractivity contribution in [3.63, 3.8) is 0 Å². The number of esters is 1. The number of rotatable bonds is 4. The third kappa shape index (κ3) is 3.46. The van der Waals surface area contributed by atoms with Crippen molar-refractivity contribution in [1.82, 2.24) is 5.32 Å². The summed E-state index contributed by atoms with van der Waals surface area (Å²) in [5.74, 6) is -1.06. The first-order chi connectivity index (χ1) is 7.56. The highest BCUT2D eigenvalue weighted by molar-refractivity contribution is 5.94. The molecule has 0 aliphatic heterocycles. The van der Waals surface area contributed by atoms with Gasteiger partial charge in [-0.25, -0.2) is 0 Å². The quantitative estimate of drug-likeness (QED) is 0.417. The molecular formula is C10H17NO5. The number of aliphatic hydroxyl groups is 2. The van der Waals surface area contributed by atoms with Crippen LogP contribution in [0, 0.1) is 5.92 Å². The molecule has 0 saturated heterocycles. The fourth-order valence-electron chi connectivity index (χ4n) is 1.88. The van der Waals surface area contributed by atoms with E-state index in [1.807, 2.05) is 0 Å². The molecule has 1 aliphatic carbocycles. The molecule has 1 amide bonds. The van der Waals surface area contributed by atoms with E-state index in [1.54, 1.807) is 0 Å². The monoisotopic (exact) mass is 231 g/mol. The fraction of sp³-hybridized carbons (Fsp3) is 0.800. The van der Waals surface area contributed by atoms with Crippen molar-refractivity contribution in [2.75, 3.05) is 13.7 Å². The van der Waals surface area contributed by atoms with Gasteiger partial charge in [0, 0.05) is 6.61 Å². The lowest BCUT2D eigenvalue weighted by Crippen LogP contribution is -2.40. The van der Waals surface area contributed by atoms with Crippen LogP contribution in [0.1, 0.15) is 19.3 Å². The molecule has 3 unspecified atom stereocenters. The summed E-state index contributed by atoms with van der Waals surface area (Å²) in [7, 11) is 1.21. The Bertz CT molecular complexity index is 268. The Morgan fingerprint density at radius 2 is 2.12 bits per heavy atom. The minimum absolute atomic E-state index is 0.000429. The third-order valence-corrected chi connectivity index (χ3v) is 2.76. The van der Waals surface area contributed by atoms with Crippen molar-refractivity contribution in [2.24, 2.45) is 5.92 Å². The summed E-state index contributed by atoms with van der Waals surface area (Å²) < 4.78 is 4.35. The van der Waals surface area contributed by atoms with Crippen LogP contribution in [0.2, 0.25) is 0 Å². The lowest BCUT2D eigenvalue weighted by atomic mass is 10.1. The molecule has 92 valence electrons. The molecule has 16 heavy (non-hydrogen) atoms. The number of carbonyl (C=O) groups is 2. The SMILES string of the molecule is COC(=O)CC(=O)NC1CC(CO)CC1O. The molecule has 1 aliphatic rings. The molecule has 0 spiro atoms. The first-order valence-corrected chi connectivity index (χ1v) is 5.22. The second-order valence-corrected chi connectivity index (χ2v) is 4.01. The van der Waals surface area contributed by atoms with Gasteiger partial charge in [-0.2, -0.15) is 0 Å². The fourth-order valence-corrected chi connectivity index (χ4v) is 1.88. The molecule has 0 bridgehead atoms. The number of hydrogen-bond acceptors (Lipinski definition) is 5. The van der Waals surface area contributed by atoms with Crippen LogP contribution in [0.4, 0.5) is 0 Å². The van der Waals surface area contributed by atoms with Crippen LogP contribution < -0.4 is 5.32 Å². The minimum Gasteiger partial charge on any atom is -0.469 e. The van der Waals surface area contributed by atoms with Gasteiger partial charge in [-0.15, -0.1) is 0 Å². The van der Waals surface area contributed by atoms with E-state index < -0.39 is 18.0 Å². The average molecular weight is 231 g/mol. The van der Waals surface area contributed by atoms with Crippen molar-refractivity contribution >= 4 is 11.9 Å². The Morgan fingerprint density at radius 1 is 1.44 bits per heavy atom. The second kappa shape index (κ2) is 5.81. The molecule has 0 aromatic heterocycles. The van der Waals surface area contributed by atoms with E-state index in [0.717, 1.165) is 0 Å². The summed E-state index contributed by atoms with van der Waals surface area (Å²) in [6, 6.07) is -0.380. The number of aliphatic hydroxyl groups excluding tert-OH is 2. The van der Waals surface area contributed by atoms with Gasteiger partial charge in [-0.3, -0.25) is 9.59 Å². The van der Waals surface area contributed by atoms with Crippen LogP contribution in [0.3, 0.4) is 0 Å². The molecule has 0 heterocycles. The van der Waals surface area contributed by atoms with Gasteiger partial charge in [0.15, 0.2) is 0 Å². The van der Waals surface area contributed by atoms with Crippen LogP contribution in [0.25, 0.3) is 0 Å². The largest absolute Gasteiger partial charge is 0.469 e. The van der Waals surface area contributed by atoms with Gasteiger partial charge < -0.3 is 20.3 Å². The highest BCUT2D eigenvalue weighted by Gasteiger charge is 2.33. The lowest BCUT2D eigenvalue weighted by molar-refractivity contribution is -0.144. The first-order valence-electron chi connectivity index (χ1n) is 5.22. The molecular weight excluding hydrogens is 214 g/mol. The smallest absolute Gasteiger partial charge is 0.315 e. The summed E-state index contributed by atoms with van der Waals surface area (Å²) in [6.07, 6.45) is 0.00654. The lowest BCUT2D eigenvalue weighted by Gasteiger charge is -2.15. The summed E-state index contributed by atoms with van der Waals surface area (Å²) in [5, 5.41) is 21.1. The van der Waals surface area contributed by atoms with Crippen LogP contribution in [0.15, 0.2) is 0 Å². The topological polar surface area (TPSA) is 95.9 Å². The summed E-state index contributed by atoms with van der Waals surface area (Å²) >= 11 is 0. The van der Waals surface area contributed by atoms with Crippen molar-refractivity contribution in [1.29, 1.82) is 0 Å². The summed E-state index contributed by atoms with van der Waals surface area (Å²) in [6.45, 7) is 0.000429. The number of methoxy groups -OCH3 is 1. The van der Waals surface area contributed by atoms with E-state index in [-0.39, 0.29) is 25.0 Å². The Kier molecular flexibility index (Phi) is 4.70. The minimum atomic E-state index is -0.654. The van der Waals surface area contributed by atoms with Gasteiger partial charge in [0.25, 0.3) is 0 Å². The molecule has 0 aromatic carbocycles. The Labute approximate surface area is 93.6 Å². The molecule has 1 saturated carbocycles. The maximum Gasteiger partial charge on any atom is 0.315 e. The van der Waals surface area contributed by atoms with Crippen LogP contribution in [-0.4, -0.2) is 48.0 Å². The van der Waals surface area contributed by atoms with E-state index in [4.69, 9.17) is 5.11 Å². The zero-order valence-corrected chi connectivity index (χ0v) is 9.18. The zero-order chi connectivity index (χ0) is 12.1. The van der Waals surface area contributed by atoms with E-state index in [0.29, 0.717) is 12.8 Å². The van der Waals surface area contributed by atoms with Crippen molar-refractivity contribution in [2.45, 2.75) is 31.4 Å². The highest BCUT2D eigenvalue weighted by atomic mass is 16.5. The van der Waals surface area contributed by atoms with Crippen LogP contribution in [-0.2, 0) is 14.3 Å². The number of hydrogen-bond donors (Lipinski definition) is 3. The standard InChI is InChI=1S/C10H17NO5/c1-16-10(15)4-9(14)11-7-2-6(5-12)3-8(7)13/h6-8,12-13H,2-5H2,1H3,(H,11,14). The molecule has 1 rings (SSSR count). The first kappa shape index (κ1) is 12.9. The Morgan fingerprint density at radius 3 is 2.62 bits per heavy atom. The molecule has 1 fully saturated rings. The highest BCUT2D eigenvalue weighted by Crippen LogP contribution is 2.25. The molecule has 6 heteroatoms. The van der Waals surface area contributed by atoms with Gasteiger partial charge in [-0.05, 0) is 18.8 Å². The van der Waals surface area contributed by atoms with Crippen molar-refractivity contribution in [3.8, 4) is 0 Å². The maximum absolute atomic E-state index is 11.3. The third-order valence-electron chi connectivity index (χ3n) is 2.76. The van der Waals surface area contributed by atoms with Gasteiger partial charge in [-0.1, -0.05) is 0 Å². The van der Waals surface area contributed by atoms with Gasteiger partial charge >= 0.3 is 5.97 Å².